The van der Waals surface area contributed by atoms with Crippen LogP contribution in [0.25, 0.3) is 21.8 Å². The van der Waals surface area contributed by atoms with E-state index in [-0.39, 0.29) is 5.12 Å². The van der Waals surface area contributed by atoms with Gasteiger partial charge in [-0.3, -0.25) is 4.79 Å². The highest BCUT2D eigenvalue weighted by molar-refractivity contribution is 8.13. The van der Waals surface area contributed by atoms with Gasteiger partial charge in [-0.2, -0.15) is 0 Å². The molecule has 0 unspecified atom stereocenters. The van der Waals surface area contributed by atoms with Crippen molar-refractivity contribution in [2.24, 2.45) is 0 Å². The zero-order chi connectivity index (χ0) is 19.6. The predicted molar refractivity (Wildman–Crippen MR) is 124 cm³/mol. The number of nitrogens with zero attached hydrogens (tertiary/aromatic N) is 1. The number of aryl methyl sites for hydroxylation is 1. The molecule has 0 saturated carbocycles. The van der Waals surface area contributed by atoms with E-state index >= 15 is 0 Å². The summed E-state index contributed by atoms with van der Waals surface area (Å²) in [4.78, 5) is 10.9. The highest BCUT2D eigenvalue weighted by Gasteiger charge is 2.08. The Hall–Kier alpha value is -1.74. The molecule has 0 aliphatic carbocycles. The first-order valence-electron chi connectivity index (χ1n) is 10.9. The Labute approximate surface area is 173 Å². The number of para-hydroxylation sites is 2. The van der Waals surface area contributed by atoms with Crippen molar-refractivity contribution < 1.29 is 4.79 Å². The Kier molecular flexibility index (Phi) is 8.47. The second-order valence-corrected chi connectivity index (χ2v) is 8.98. The number of hydrogen-bond acceptors (Lipinski definition) is 2. The molecule has 3 heteroatoms. The lowest BCUT2D eigenvalue weighted by molar-refractivity contribution is -0.109. The van der Waals surface area contributed by atoms with Crippen molar-refractivity contribution in [1.82, 2.24) is 4.57 Å². The van der Waals surface area contributed by atoms with Crippen molar-refractivity contribution in [2.45, 2.75) is 71.3 Å². The van der Waals surface area contributed by atoms with Crippen LogP contribution in [-0.4, -0.2) is 15.4 Å². The fraction of sp³-hybridized carbons (Fsp3) is 0.480. The van der Waals surface area contributed by atoms with Crippen LogP contribution in [0.2, 0.25) is 0 Å². The summed E-state index contributed by atoms with van der Waals surface area (Å²) in [7, 11) is 0. The van der Waals surface area contributed by atoms with E-state index < -0.39 is 0 Å². The van der Waals surface area contributed by atoms with Crippen LogP contribution in [0.1, 0.15) is 64.7 Å². The summed E-state index contributed by atoms with van der Waals surface area (Å²) < 4.78 is 2.50. The van der Waals surface area contributed by atoms with E-state index in [0.29, 0.717) is 0 Å². The van der Waals surface area contributed by atoms with Crippen LogP contribution in [0.3, 0.4) is 0 Å². The molecule has 0 aliphatic rings. The van der Waals surface area contributed by atoms with E-state index in [1.54, 1.807) is 6.92 Å². The number of carbonyl (C=O) groups excluding carboxylic acids is 1. The van der Waals surface area contributed by atoms with Gasteiger partial charge >= 0.3 is 0 Å². The van der Waals surface area contributed by atoms with Crippen LogP contribution < -0.4 is 0 Å². The fourth-order valence-corrected chi connectivity index (χ4v) is 4.71. The van der Waals surface area contributed by atoms with Gasteiger partial charge in [0.25, 0.3) is 0 Å². The lowest BCUT2D eigenvalue weighted by atomic mass is 10.1. The van der Waals surface area contributed by atoms with E-state index in [1.807, 2.05) is 0 Å². The van der Waals surface area contributed by atoms with Crippen LogP contribution in [0, 0.1) is 0 Å². The zero-order valence-electron chi connectivity index (χ0n) is 17.2. The zero-order valence-corrected chi connectivity index (χ0v) is 18.0. The lowest BCUT2D eigenvalue weighted by Gasteiger charge is -2.07. The molecule has 2 aromatic carbocycles. The van der Waals surface area contributed by atoms with Gasteiger partial charge in [0.1, 0.15) is 0 Å². The minimum Gasteiger partial charge on any atom is -0.340 e. The number of benzene rings is 2. The molecule has 0 atom stereocenters. The topological polar surface area (TPSA) is 22.0 Å². The number of unbranched alkanes of at least 4 members (excludes halogenated alkanes) is 8. The number of fused-ring (bicyclic) bond motifs is 3. The van der Waals surface area contributed by atoms with E-state index in [2.05, 4.69) is 53.1 Å². The standard InChI is InChI=1S/C25H33NOS/c1-21(27)28-20-14-8-6-4-2-3-5-7-13-19-26-24-17-11-9-15-22(24)23-16-10-12-18-25(23)26/h9-12,15-18H,2-8,13-14,19-20H2,1H3. The average Bonchev–Trinajstić information content (AvgIpc) is 3.03. The molecule has 0 aliphatic heterocycles. The molecule has 0 saturated heterocycles. The highest BCUT2D eigenvalue weighted by atomic mass is 32.2. The van der Waals surface area contributed by atoms with E-state index in [1.165, 1.54) is 91.4 Å². The van der Waals surface area contributed by atoms with Crippen molar-refractivity contribution in [2.75, 3.05) is 5.75 Å². The normalized spacial score (nSPS) is 11.5. The molecule has 0 fully saturated rings. The van der Waals surface area contributed by atoms with Crippen molar-refractivity contribution >= 4 is 38.7 Å². The van der Waals surface area contributed by atoms with Crippen molar-refractivity contribution in [3.05, 3.63) is 48.5 Å². The molecule has 3 aromatic rings. The fourth-order valence-electron chi connectivity index (χ4n) is 4.07. The van der Waals surface area contributed by atoms with Crippen LogP contribution in [0.15, 0.2) is 48.5 Å². The maximum absolute atomic E-state index is 10.9. The molecule has 28 heavy (non-hydrogen) atoms. The third kappa shape index (κ3) is 5.88. The molecule has 0 amide bonds. The van der Waals surface area contributed by atoms with Gasteiger partial charge in [-0.1, -0.05) is 93.1 Å². The maximum Gasteiger partial charge on any atom is 0.185 e. The third-order valence-corrected chi connectivity index (χ3v) is 6.41. The smallest absolute Gasteiger partial charge is 0.185 e. The van der Waals surface area contributed by atoms with Crippen LogP contribution in [-0.2, 0) is 11.3 Å². The molecule has 2 nitrogen and oxygen atoms in total. The minimum atomic E-state index is 0.251. The van der Waals surface area contributed by atoms with Gasteiger partial charge < -0.3 is 4.57 Å². The largest absolute Gasteiger partial charge is 0.340 e. The summed E-state index contributed by atoms with van der Waals surface area (Å²) >= 11 is 1.47. The van der Waals surface area contributed by atoms with Crippen LogP contribution in [0.4, 0.5) is 0 Å². The quantitative estimate of drug-likeness (QED) is 0.295. The Morgan fingerprint density at radius 3 is 1.71 bits per heavy atom. The third-order valence-electron chi connectivity index (χ3n) is 5.51. The monoisotopic (exact) mass is 395 g/mol. The molecule has 0 N–H and O–H groups in total. The van der Waals surface area contributed by atoms with Crippen molar-refractivity contribution in [3.63, 3.8) is 0 Å². The maximum atomic E-state index is 10.9. The molecule has 0 radical (unpaired) electrons. The van der Waals surface area contributed by atoms with Crippen molar-refractivity contribution in [3.8, 4) is 0 Å². The van der Waals surface area contributed by atoms with E-state index in [0.717, 1.165) is 12.3 Å². The Morgan fingerprint density at radius 1 is 0.714 bits per heavy atom. The molecular formula is C25H33NOS. The molecule has 150 valence electrons. The predicted octanol–water partition coefficient (Wildman–Crippen LogP) is 7.59. The molecular weight excluding hydrogens is 362 g/mol. The van der Waals surface area contributed by atoms with Gasteiger partial charge in [-0.05, 0) is 25.0 Å². The summed E-state index contributed by atoms with van der Waals surface area (Å²) in [5, 5.41) is 3.00. The first kappa shape index (κ1) is 21.0. The lowest BCUT2D eigenvalue weighted by Crippen LogP contribution is -1.97. The molecule has 1 aromatic heterocycles. The summed E-state index contributed by atoms with van der Waals surface area (Å²) in [6, 6.07) is 17.6. The number of rotatable bonds is 12. The van der Waals surface area contributed by atoms with E-state index in [4.69, 9.17) is 0 Å². The van der Waals surface area contributed by atoms with Gasteiger partial charge in [-0.25, -0.2) is 0 Å². The Balaban J connectivity index is 1.33. The van der Waals surface area contributed by atoms with Crippen LogP contribution in [0.5, 0.6) is 0 Å². The summed E-state index contributed by atoms with van der Waals surface area (Å²) in [5.41, 5.74) is 2.73. The summed E-state index contributed by atoms with van der Waals surface area (Å²) in [6.07, 6.45) is 11.7. The number of hydrogen-bond donors (Lipinski definition) is 0. The summed E-state index contributed by atoms with van der Waals surface area (Å²) in [6.45, 7) is 2.77. The Morgan fingerprint density at radius 2 is 1.18 bits per heavy atom. The van der Waals surface area contributed by atoms with Gasteiger partial charge in [0.15, 0.2) is 5.12 Å². The van der Waals surface area contributed by atoms with Gasteiger partial charge in [0, 0.05) is 41.0 Å². The second-order valence-electron chi connectivity index (χ2n) is 7.71. The average molecular weight is 396 g/mol. The van der Waals surface area contributed by atoms with Crippen LogP contribution >= 0.6 is 11.8 Å². The molecule has 1 heterocycles. The van der Waals surface area contributed by atoms with Gasteiger partial charge in [-0.15, -0.1) is 0 Å². The molecule has 3 rings (SSSR count). The summed E-state index contributed by atoms with van der Waals surface area (Å²) in [5.74, 6) is 0.998. The molecule has 0 spiro atoms. The van der Waals surface area contributed by atoms with Gasteiger partial charge in [0.05, 0.1) is 0 Å². The number of thioether (sulfide) groups is 1. The van der Waals surface area contributed by atoms with Gasteiger partial charge in [0.2, 0.25) is 0 Å². The SMILES string of the molecule is CC(=O)SCCCCCCCCCCCn1c2ccccc2c2ccccc21. The number of carbonyl (C=O) groups is 1. The molecule has 0 bridgehead atoms. The second kappa shape index (κ2) is 11.3. The van der Waals surface area contributed by atoms with E-state index in [9.17, 15) is 4.79 Å². The van der Waals surface area contributed by atoms with Crippen molar-refractivity contribution in [1.29, 1.82) is 0 Å². The Bertz CT molecular complexity index is 829. The first-order chi connectivity index (χ1) is 13.8. The minimum absolute atomic E-state index is 0.251. The first-order valence-corrected chi connectivity index (χ1v) is 11.9. The highest BCUT2D eigenvalue weighted by Crippen LogP contribution is 2.29. The number of aromatic nitrogens is 1.